The van der Waals surface area contributed by atoms with Crippen molar-refractivity contribution in [3.63, 3.8) is 0 Å². The van der Waals surface area contributed by atoms with Crippen molar-refractivity contribution in [1.82, 2.24) is 39.5 Å². The summed E-state index contributed by atoms with van der Waals surface area (Å²) in [4.78, 5) is 54.0. The lowest BCUT2D eigenvalue weighted by atomic mass is 10.1. The molecule has 8 aromatic rings. The summed E-state index contributed by atoms with van der Waals surface area (Å²) in [6, 6.07) is 33.3. The topological polar surface area (TPSA) is 321 Å². The van der Waals surface area contributed by atoms with Crippen molar-refractivity contribution in [2.45, 2.75) is 10.3 Å². The largest absolute Gasteiger partial charge is 0.497 e. The molecule has 0 bridgehead atoms. The van der Waals surface area contributed by atoms with Crippen LogP contribution in [-0.2, 0) is 0 Å². The highest BCUT2D eigenvalue weighted by molar-refractivity contribution is 8.93. The second-order valence-corrected chi connectivity index (χ2v) is 15.1. The number of thioether (sulfide) groups is 2. The zero-order chi connectivity index (χ0) is 45.0. The number of ketones is 2. The van der Waals surface area contributed by atoms with E-state index in [1.165, 1.54) is 72.1 Å². The zero-order valence-electron chi connectivity index (χ0n) is 36.1. The number of non-ortho nitro benzene ring substituents is 2. The molecule has 0 atom stereocenters. The number of rotatable bonds is 16. The summed E-state index contributed by atoms with van der Waals surface area (Å²) in [5.41, 5.74) is 3.96. The van der Waals surface area contributed by atoms with Crippen molar-refractivity contribution in [3.05, 3.63) is 177 Å². The second kappa shape index (κ2) is 27.5. The Labute approximate surface area is 422 Å². The summed E-state index contributed by atoms with van der Waals surface area (Å²) in [7, 11) is 3.20. The van der Waals surface area contributed by atoms with Gasteiger partial charge in [-0.3, -0.25) is 48.9 Å². The molecule has 0 aliphatic carbocycles. The van der Waals surface area contributed by atoms with Crippen LogP contribution >= 0.6 is 57.5 Å². The molecule has 0 radical (unpaired) electrons. The lowest BCUT2D eigenvalue weighted by Crippen LogP contribution is -2.05. The molecule has 0 spiro atoms. The van der Waals surface area contributed by atoms with E-state index < -0.39 is 9.85 Å². The molecule has 0 saturated carbocycles. The maximum Gasteiger partial charge on any atom is 0.269 e. The molecular weight excluding hydrogens is 1070 g/mol. The number of carbonyl (C=O) groups is 2. The monoisotopic (exact) mass is 1110 g/mol. The summed E-state index contributed by atoms with van der Waals surface area (Å²) >= 11 is 2.48. The van der Waals surface area contributed by atoms with Crippen LogP contribution in [0.4, 0.5) is 11.4 Å². The first-order chi connectivity index (χ1) is 31.1. The number of nitro benzene ring substituents is 2. The molecular formula is C44H42Br2N10O11S2. The number of carbonyl (C=O) groups excluding carboxylic acids is 2. The van der Waals surface area contributed by atoms with Crippen molar-refractivity contribution in [2.75, 3.05) is 25.7 Å². The summed E-state index contributed by atoms with van der Waals surface area (Å²) in [5, 5.41) is 40.0. The van der Waals surface area contributed by atoms with Gasteiger partial charge in [0.1, 0.15) is 11.5 Å². The fourth-order valence-corrected chi connectivity index (χ4v) is 7.69. The predicted octanol–water partition coefficient (Wildman–Crippen LogP) is 7.12. The Bertz CT molecular complexity index is 2700. The van der Waals surface area contributed by atoms with E-state index in [9.17, 15) is 29.8 Å². The molecule has 4 aromatic carbocycles. The van der Waals surface area contributed by atoms with Crippen molar-refractivity contribution in [2.24, 2.45) is 0 Å². The number of benzene rings is 4. The van der Waals surface area contributed by atoms with Gasteiger partial charge >= 0.3 is 0 Å². The molecule has 0 saturated heterocycles. The summed E-state index contributed by atoms with van der Waals surface area (Å²) in [5.74, 6) is 2.53. The van der Waals surface area contributed by atoms with Gasteiger partial charge < -0.3 is 25.9 Å². The minimum absolute atomic E-state index is 0. The van der Waals surface area contributed by atoms with Gasteiger partial charge in [0.2, 0.25) is 0 Å². The maximum absolute atomic E-state index is 12.6. The van der Waals surface area contributed by atoms with Gasteiger partial charge in [-0.2, -0.15) is 0 Å². The molecule has 21 nitrogen and oxygen atoms in total. The molecule has 6 N–H and O–H groups in total. The van der Waals surface area contributed by atoms with E-state index in [1.807, 2.05) is 81.9 Å². The molecule has 360 valence electrons. The smallest absolute Gasteiger partial charge is 0.269 e. The quantitative estimate of drug-likeness (QED) is 0.0402. The molecule has 0 aliphatic rings. The number of nitrogens with zero attached hydrogens (tertiary/aromatic N) is 10. The second-order valence-electron chi connectivity index (χ2n) is 13.2. The summed E-state index contributed by atoms with van der Waals surface area (Å²) in [6.07, 6.45) is 6.70. The number of hydrogen-bond donors (Lipinski definition) is 0. The Kier molecular flexibility index (Phi) is 23.1. The van der Waals surface area contributed by atoms with Gasteiger partial charge in [0.05, 0.1) is 35.6 Å². The Morgan fingerprint density at radius 3 is 1.12 bits per heavy atom. The van der Waals surface area contributed by atoms with E-state index in [1.54, 1.807) is 39.0 Å². The third-order valence-corrected chi connectivity index (χ3v) is 11.1. The van der Waals surface area contributed by atoms with E-state index in [0.717, 1.165) is 34.0 Å². The number of nitro groups is 2. The van der Waals surface area contributed by atoms with Gasteiger partial charge in [0.25, 0.3) is 11.4 Å². The van der Waals surface area contributed by atoms with Crippen LogP contribution in [0.1, 0.15) is 20.7 Å². The minimum Gasteiger partial charge on any atom is -0.497 e. The number of halogens is 2. The predicted molar refractivity (Wildman–Crippen MR) is 270 cm³/mol. The van der Waals surface area contributed by atoms with Crippen LogP contribution in [-0.4, -0.2) is 103 Å². The average molecular weight is 1110 g/mol. The Morgan fingerprint density at radius 2 is 0.826 bits per heavy atom. The average Bonchev–Trinajstić information content (AvgIpc) is 3.98. The number of aromatic nitrogens is 8. The third kappa shape index (κ3) is 14.4. The van der Waals surface area contributed by atoms with Crippen LogP contribution in [0, 0.1) is 20.2 Å². The molecule has 69 heavy (non-hydrogen) atoms. The highest BCUT2D eigenvalue weighted by Gasteiger charge is 2.20. The molecule has 0 fully saturated rings. The maximum atomic E-state index is 12.6. The number of hydrogen-bond acceptors (Lipinski definition) is 16. The number of Topliss-reactive ketones (excluding diaryl/α,β-unsaturated/α-hetero) is 2. The molecule has 0 aliphatic heterocycles. The molecule has 0 unspecified atom stereocenters. The number of methoxy groups -OCH3 is 2. The van der Waals surface area contributed by atoms with Crippen LogP contribution in [0.2, 0.25) is 0 Å². The van der Waals surface area contributed by atoms with Gasteiger partial charge in [-0.15, -0.1) is 54.4 Å². The SMILES string of the molecule is Br.Br.COc1ccc(-n2c(SCC(=O)c3ccc([N+](=O)[O-])cc3)nnc2-c2ccncc2)cc1.COc1ccc(-n2c(SCC(=O)c3ccc([N+](=O)[O-])cc3)nnc2-c2ccncc2)cc1.O.O.O. The Balaban J connectivity index is 0.000000441. The van der Waals surface area contributed by atoms with Gasteiger partial charge in [-0.1, -0.05) is 23.5 Å². The molecule has 0 amide bonds. The molecule has 8 rings (SSSR count). The van der Waals surface area contributed by atoms with Crippen molar-refractivity contribution >= 4 is 80.4 Å². The van der Waals surface area contributed by atoms with Crippen molar-refractivity contribution < 1.29 is 45.3 Å². The van der Waals surface area contributed by atoms with Crippen molar-refractivity contribution in [3.8, 4) is 45.6 Å². The highest BCUT2D eigenvalue weighted by atomic mass is 79.9. The molecule has 25 heteroatoms. The van der Waals surface area contributed by atoms with Crippen LogP contribution in [0.25, 0.3) is 34.2 Å². The summed E-state index contributed by atoms with van der Waals surface area (Å²) < 4.78 is 14.2. The first-order valence-corrected chi connectivity index (χ1v) is 20.9. The van der Waals surface area contributed by atoms with Gasteiger partial charge in [0, 0.05) is 82.7 Å². The van der Waals surface area contributed by atoms with Crippen LogP contribution < -0.4 is 9.47 Å². The first-order valence-electron chi connectivity index (χ1n) is 18.9. The standard InChI is InChI=1S/2C22H17N5O4S.2BrH.3H2O/c2*1-31-19-8-6-17(7-9-19)26-21(16-10-12-23-13-11-16)24-25-22(26)32-14-20(28)15-2-4-18(5-3-15)27(29)30;;;;;/h2*2-13H,14H2,1H3;2*1H;3*1H2. The van der Waals surface area contributed by atoms with Crippen molar-refractivity contribution in [1.29, 1.82) is 0 Å². The fraction of sp³-hybridized carbons (Fsp3) is 0.0909. The van der Waals surface area contributed by atoms with Gasteiger partial charge in [-0.25, -0.2) is 0 Å². The summed E-state index contributed by atoms with van der Waals surface area (Å²) in [6.45, 7) is 0. The van der Waals surface area contributed by atoms with E-state index in [2.05, 4.69) is 30.4 Å². The first kappa shape index (κ1) is 57.9. The van der Waals surface area contributed by atoms with E-state index in [0.29, 0.717) is 33.1 Å². The minimum atomic E-state index is -0.499. The number of pyridine rings is 2. The van der Waals surface area contributed by atoms with E-state index in [4.69, 9.17) is 9.47 Å². The van der Waals surface area contributed by atoms with Crippen LogP contribution in [0.5, 0.6) is 11.5 Å². The van der Waals surface area contributed by atoms with E-state index >= 15 is 0 Å². The zero-order valence-corrected chi connectivity index (χ0v) is 41.2. The normalized spacial score (nSPS) is 9.88. The molecule has 4 heterocycles. The lowest BCUT2D eigenvalue weighted by Gasteiger charge is -2.11. The highest BCUT2D eigenvalue weighted by Crippen LogP contribution is 2.31. The van der Waals surface area contributed by atoms with Gasteiger partial charge in [-0.05, 0) is 97.1 Å². The van der Waals surface area contributed by atoms with Crippen LogP contribution in [0.3, 0.4) is 0 Å². The molecule has 4 aromatic heterocycles. The van der Waals surface area contributed by atoms with E-state index in [-0.39, 0.29) is 84.8 Å². The number of ether oxygens (including phenoxy) is 2. The van der Waals surface area contributed by atoms with Crippen LogP contribution in [0.15, 0.2) is 156 Å². The Hall–Kier alpha value is -7.26. The fourth-order valence-electron chi connectivity index (χ4n) is 6.00. The third-order valence-electron chi connectivity index (χ3n) is 9.27. The lowest BCUT2D eigenvalue weighted by molar-refractivity contribution is -0.385. The Morgan fingerprint density at radius 1 is 0.507 bits per heavy atom. The van der Waals surface area contributed by atoms with Gasteiger partial charge in [0.15, 0.2) is 33.5 Å².